The molecule has 0 saturated carbocycles. The van der Waals surface area contributed by atoms with Gasteiger partial charge in [0.05, 0.1) is 6.33 Å². The summed E-state index contributed by atoms with van der Waals surface area (Å²) in [5.74, 6) is -1.02. The van der Waals surface area contributed by atoms with Crippen LogP contribution in [0.5, 0.6) is 0 Å². The fourth-order valence-corrected chi connectivity index (χ4v) is 1.61. The highest BCUT2D eigenvalue weighted by Gasteiger charge is 2.20. The second kappa shape index (κ2) is 6.78. The van der Waals surface area contributed by atoms with Crippen LogP contribution >= 0.6 is 0 Å². The molecule has 0 aliphatic rings. The van der Waals surface area contributed by atoms with Crippen molar-refractivity contribution in [3.8, 4) is 0 Å². The number of aliphatic carboxylic acids is 1. The molecule has 0 bridgehead atoms. The summed E-state index contributed by atoms with van der Waals surface area (Å²) in [6.07, 6.45) is 5.70. The van der Waals surface area contributed by atoms with Crippen molar-refractivity contribution in [2.24, 2.45) is 5.92 Å². The molecule has 100 valence electrons. The topological polar surface area (TPSA) is 84.2 Å². The number of carbonyl (C=O) groups excluding carboxylic acids is 1. The normalized spacial score (nSPS) is 12.4. The van der Waals surface area contributed by atoms with Crippen molar-refractivity contribution in [1.29, 1.82) is 0 Å². The van der Waals surface area contributed by atoms with E-state index in [1.165, 1.54) is 0 Å². The monoisotopic (exact) mass is 253 g/mol. The van der Waals surface area contributed by atoms with Crippen molar-refractivity contribution in [2.45, 2.75) is 39.3 Å². The van der Waals surface area contributed by atoms with Gasteiger partial charge in [0.25, 0.3) is 0 Å². The van der Waals surface area contributed by atoms with Crippen LogP contribution < -0.4 is 5.32 Å². The zero-order valence-electron chi connectivity index (χ0n) is 10.7. The molecular formula is C12H19N3O3. The van der Waals surface area contributed by atoms with Crippen molar-refractivity contribution < 1.29 is 14.7 Å². The third-order valence-electron chi connectivity index (χ3n) is 2.50. The van der Waals surface area contributed by atoms with Crippen molar-refractivity contribution in [3.63, 3.8) is 0 Å². The van der Waals surface area contributed by atoms with Gasteiger partial charge in [0.1, 0.15) is 6.04 Å². The van der Waals surface area contributed by atoms with Gasteiger partial charge in [-0.05, 0) is 12.3 Å². The van der Waals surface area contributed by atoms with E-state index in [1.807, 2.05) is 13.8 Å². The van der Waals surface area contributed by atoms with E-state index in [-0.39, 0.29) is 18.2 Å². The predicted molar refractivity (Wildman–Crippen MR) is 65.9 cm³/mol. The number of nitrogens with zero attached hydrogens (tertiary/aromatic N) is 2. The largest absolute Gasteiger partial charge is 0.480 e. The van der Waals surface area contributed by atoms with E-state index in [2.05, 4.69) is 10.3 Å². The molecular weight excluding hydrogens is 234 g/mol. The molecule has 1 amide bonds. The van der Waals surface area contributed by atoms with Crippen LogP contribution in [0.3, 0.4) is 0 Å². The molecule has 1 heterocycles. The molecule has 1 aromatic rings. The van der Waals surface area contributed by atoms with Crippen molar-refractivity contribution >= 4 is 11.9 Å². The number of hydrogen-bond donors (Lipinski definition) is 2. The van der Waals surface area contributed by atoms with Gasteiger partial charge in [-0.25, -0.2) is 9.78 Å². The fraction of sp³-hybridized carbons (Fsp3) is 0.583. The molecule has 0 aliphatic heterocycles. The number of aryl methyl sites for hydroxylation is 1. The Balaban J connectivity index is 2.39. The number of nitrogens with one attached hydrogen (secondary N) is 1. The Morgan fingerprint density at radius 3 is 2.67 bits per heavy atom. The molecule has 6 nitrogen and oxygen atoms in total. The number of carbonyl (C=O) groups is 2. The maximum atomic E-state index is 11.6. The lowest BCUT2D eigenvalue weighted by Gasteiger charge is -2.16. The highest BCUT2D eigenvalue weighted by molar-refractivity contribution is 5.83. The zero-order chi connectivity index (χ0) is 13.5. The third kappa shape index (κ3) is 4.99. The zero-order valence-corrected chi connectivity index (χ0v) is 10.7. The van der Waals surface area contributed by atoms with Crippen LogP contribution in [0.25, 0.3) is 0 Å². The van der Waals surface area contributed by atoms with Gasteiger partial charge in [0.2, 0.25) is 5.91 Å². The standard InChI is InChI=1S/C12H19N3O3/c1-9(2)7-10(12(17)18)14-11(16)3-5-15-6-4-13-8-15/h4,6,8-10H,3,5,7H2,1-2H3,(H,14,16)(H,17,18). The van der Waals surface area contributed by atoms with Gasteiger partial charge in [-0.1, -0.05) is 13.8 Å². The van der Waals surface area contributed by atoms with Gasteiger partial charge in [-0.3, -0.25) is 4.79 Å². The Bertz CT molecular complexity index is 387. The molecule has 0 aromatic carbocycles. The number of amides is 1. The highest BCUT2D eigenvalue weighted by Crippen LogP contribution is 2.05. The predicted octanol–water partition coefficient (Wildman–Crippen LogP) is 0.889. The first-order valence-electron chi connectivity index (χ1n) is 5.97. The SMILES string of the molecule is CC(C)CC(NC(=O)CCn1ccnc1)C(=O)O. The smallest absolute Gasteiger partial charge is 0.326 e. The number of rotatable bonds is 7. The Labute approximate surface area is 106 Å². The van der Waals surface area contributed by atoms with Crippen molar-refractivity contribution in [3.05, 3.63) is 18.7 Å². The molecule has 18 heavy (non-hydrogen) atoms. The van der Waals surface area contributed by atoms with E-state index in [0.717, 1.165) is 0 Å². The van der Waals surface area contributed by atoms with Crippen LogP contribution in [0, 0.1) is 5.92 Å². The highest BCUT2D eigenvalue weighted by atomic mass is 16.4. The van der Waals surface area contributed by atoms with Crippen molar-refractivity contribution in [2.75, 3.05) is 0 Å². The van der Waals surface area contributed by atoms with E-state index in [1.54, 1.807) is 23.3 Å². The minimum Gasteiger partial charge on any atom is -0.480 e. The summed E-state index contributed by atoms with van der Waals surface area (Å²) >= 11 is 0. The Morgan fingerprint density at radius 1 is 1.44 bits per heavy atom. The van der Waals surface area contributed by atoms with Crippen LogP contribution in [0.1, 0.15) is 26.7 Å². The molecule has 0 radical (unpaired) electrons. The number of imidazole rings is 1. The van der Waals surface area contributed by atoms with Crippen LogP contribution in [-0.2, 0) is 16.1 Å². The summed E-state index contributed by atoms with van der Waals surface area (Å²) < 4.78 is 1.78. The van der Waals surface area contributed by atoms with Gasteiger partial charge in [-0.2, -0.15) is 0 Å². The molecule has 0 aliphatic carbocycles. The van der Waals surface area contributed by atoms with Gasteiger partial charge in [0, 0.05) is 25.4 Å². The van der Waals surface area contributed by atoms with Crippen LogP contribution in [0.2, 0.25) is 0 Å². The molecule has 1 unspecified atom stereocenters. The first kappa shape index (κ1) is 14.2. The summed E-state index contributed by atoms with van der Waals surface area (Å²) in [6.45, 7) is 4.35. The number of carboxylic acids is 1. The molecule has 6 heteroatoms. The molecule has 0 spiro atoms. The number of aromatic nitrogens is 2. The average Bonchev–Trinajstić information content (AvgIpc) is 2.77. The lowest BCUT2D eigenvalue weighted by atomic mass is 10.0. The average molecular weight is 253 g/mol. The van der Waals surface area contributed by atoms with Gasteiger partial charge < -0.3 is 15.0 Å². The van der Waals surface area contributed by atoms with E-state index in [4.69, 9.17) is 5.11 Å². The van der Waals surface area contributed by atoms with Gasteiger partial charge >= 0.3 is 5.97 Å². The quantitative estimate of drug-likeness (QED) is 0.755. The molecule has 1 atom stereocenters. The molecule has 1 rings (SSSR count). The maximum absolute atomic E-state index is 11.6. The summed E-state index contributed by atoms with van der Waals surface area (Å²) in [4.78, 5) is 26.5. The number of carboxylic acid groups (broad SMARTS) is 1. The Kier molecular flexibility index (Phi) is 5.35. The summed E-state index contributed by atoms with van der Waals surface area (Å²) in [5, 5.41) is 11.5. The second-order valence-electron chi connectivity index (χ2n) is 4.64. The Morgan fingerprint density at radius 2 is 2.17 bits per heavy atom. The van der Waals surface area contributed by atoms with E-state index in [9.17, 15) is 9.59 Å². The molecule has 0 fully saturated rings. The fourth-order valence-electron chi connectivity index (χ4n) is 1.61. The minimum absolute atomic E-state index is 0.222. The first-order chi connectivity index (χ1) is 8.49. The summed E-state index contributed by atoms with van der Waals surface area (Å²) in [6, 6.07) is -0.805. The van der Waals surface area contributed by atoms with Crippen LogP contribution in [-0.4, -0.2) is 32.6 Å². The van der Waals surface area contributed by atoms with Crippen molar-refractivity contribution in [1.82, 2.24) is 14.9 Å². The molecule has 1 aromatic heterocycles. The van der Waals surface area contributed by atoms with Crippen LogP contribution in [0.4, 0.5) is 0 Å². The van der Waals surface area contributed by atoms with E-state index < -0.39 is 12.0 Å². The summed E-state index contributed by atoms with van der Waals surface area (Å²) in [5.41, 5.74) is 0. The lowest BCUT2D eigenvalue weighted by Crippen LogP contribution is -2.41. The van der Waals surface area contributed by atoms with E-state index >= 15 is 0 Å². The second-order valence-corrected chi connectivity index (χ2v) is 4.64. The lowest BCUT2D eigenvalue weighted by molar-refractivity contribution is -0.142. The Hall–Kier alpha value is -1.85. The van der Waals surface area contributed by atoms with Gasteiger partial charge in [-0.15, -0.1) is 0 Å². The van der Waals surface area contributed by atoms with Gasteiger partial charge in [0.15, 0.2) is 0 Å². The van der Waals surface area contributed by atoms with Crippen LogP contribution in [0.15, 0.2) is 18.7 Å². The number of hydrogen-bond acceptors (Lipinski definition) is 3. The summed E-state index contributed by atoms with van der Waals surface area (Å²) in [7, 11) is 0. The first-order valence-corrected chi connectivity index (χ1v) is 5.97. The maximum Gasteiger partial charge on any atom is 0.326 e. The molecule has 2 N–H and O–H groups in total. The molecule has 0 saturated heterocycles. The van der Waals surface area contributed by atoms with E-state index in [0.29, 0.717) is 13.0 Å². The minimum atomic E-state index is -0.986. The third-order valence-corrected chi connectivity index (χ3v) is 2.50.